The van der Waals surface area contributed by atoms with Gasteiger partial charge in [0, 0.05) is 21.9 Å². The van der Waals surface area contributed by atoms with E-state index in [0.29, 0.717) is 6.54 Å². The molecule has 3 nitrogen and oxygen atoms in total. The van der Waals surface area contributed by atoms with E-state index in [1.807, 2.05) is 35.1 Å². The van der Waals surface area contributed by atoms with Gasteiger partial charge in [-0.25, -0.2) is 4.39 Å². The number of nitrogen functional groups attached to an aromatic ring is 1. The van der Waals surface area contributed by atoms with Gasteiger partial charge in [0.05, 0.1) is 12.7 Å². The molecule has 0 spiro atoms. The highest BCUT2D eigenvalue weighted by molar-refractivity contribution is 9.10. The third-order valence-electron chi connectivity index (χ3n) is 3.20. The molecular formula is C16H13BrFN3. The molecule has 0 fully saturated rings. The Kier molecular flexibility index (Phi) is 3.75. The van der Waals surface area contributed by atoms with Gasteiger partial charge >= 0.3 is 0 Å². The summed E-state index contributed by atoms with van der Waals surface area (Å²) in [6.07, 6.45) is 3.75. The summed E-state index contributed by atoms with van der Waals surface area (Å²) in [7, 11) is 0. The topological polar surface area (TPSA) is 43.8 Å². The standard InChI is InChI=1S/C16H13BrFN3/c17-16-7-14(18)5-4-12(16)9-21-10-13(8-20-21)11-2-1-3-15(19)6-11/h1-8,10H,9,19H2. The lowest BCUT2D eigenvalue weighted by molar-refractivity contribution is 0.623. The maximum atomic E-state index is 13.1. The summed E-state index contributed by atoms with van der Waals surface area (Å²) >= 11 is 3.37. The van der Waals surface area contributed by atoms with E-state index in [-0.39, 0.29) is 5.82 Å². The second-order valence-corrected chi connectivity index (χ2v) is 5.64. The predicted molar refractivity (Wildman–Crippen MR) is 85.3 cm³/mol. The first kappa shape index (κ1) is 13.8. The number of rotatable bonds is 3. The molecule has 0 unspecified atom stereocenters. The molecule has 21 heavy (non-hydrogen) atoms. The Hall–Kier alpha value is -2.14. The monoisotopic (exact) mass is 345 g/mol. The van der Waals surface area contributed by atoms with Crippen molar-refractivity contribution in [3.05, 3.63) is 70.7 Å². The van der Waals surface area contributed by atoms with Crippen LogP contribution < -0.4 is 5.73 Å². The molecule has 0 aliphatic heterocycles. The summed E-state index contributed by atoms with van der Waals surface area (Å²) in [4.78, 5) is 0. The molecule has 3 aromatic rings. The van der Waals surface area contributed by atoms with Gasteiger partial charge in [0.15, 0.2) is 0 Å². The van der Waals surface area contributed by atoms with Crippen molar-refractivity contribution in [2.75, 3.05) is 5.73 Å². The van der Waals surface area contributed by atoms with Gasteiger partial charge in [-0.3, -0.25) is 4.68 Å². The summed E-state index contributed by atoms with van der Waals surface area (Å²) in [6.45, 7) is 0.573. The lowest BCUT2D eigenvalue weighted by Crippen LogP contribution is -2.00. The zero-order valence-corrected chi connectivity index (χ0v) is 12.7. The van der Waals surface area contributed by atoms with Crippen molar-refractivity contribution in [2.24, 2.45) is 0 Å². The maximum Gasteiger partial charge on any atom is 0.124 e. The van der Waals surface area contributed by atoms with E-state index < -0.39 is 0 Å². The van der Waals surface area contributed by atoms with Crippen molar-refractivity contribution >= 4 is 21.6 Å². The number of hydrogen-bond acceptors (Lipinski definition) is 2. The van der Waals surface area contributed by atoms with E-state index in [1.165, 1.54) is 12.1 Å². The summed E-state index contributed by atoms with van der Waals surface area (Å²) in [5.41, 5.74) is 9.51. The van der Waals surface area contributed by atoms with Gasteiger partial charge < -0.3 is 5.73 Å². The van der Waals surface area contributed by atoms with Crippen LogP contribution in [-0.2, 0) is 6.54 Å². The van der Waals surface area contributed by atoms with Crippen molar-refractivity contribution in [2.45, 2.75) is 6.54 Å². The lowest BCUT2D eigenvalue weighted by atomic mass is 10.1. The quantitative estimate of drug-likeness (QED) is 0.726. The normalized spacial score (nSPS) is 10.8. The Morgan fingerprint density at radius 2 is 2.00 bits per heavy atom. The molecule has 1 heterocycles. The number of nitrogens with zero attached hydrogens (tertiary/aromatic N) is 2. The minimum absolute atomic E-state index is 0.258. The molecule has 0 aliphatic carbocycles. The van der Waals surface area contributed by atoms with Crippen LogP contribution in [0.2, 0.25) is 0 Å². The Bertz CT molecular complexity index is 783. The molecule has 1 aromatic heterocycles. The molecule has 0 saturated heterocycles. The third kappa shape index (κ3) is 3.13. The Labute approximate surface area is 130 Å². The summed E-state index contributed by atoms with van der Waals surface area (Å²) in [6, 6.07) is 12.3. The molecule has 2 aromatic carbocycles. The van der Waals surface area contributed by atoms with E-state index in [0.717, 1.165) is 26.9 Å². The average molecular weight is 346 g/mol. The second-order valence-electron chi connectivity index (χ2n) is 4.79. The Balaban J connectivity index is 1.85. The van der Waals surface area contributed by atoms with Crippen molar-refractivity contribution in [1.82, 2.24) is 9.78 Å². The van der Waals surface area contributed by atoms with Crippen LogP contribution in [0.1, 0.15) is 5.56 Å². The number of benzene rings is 2. The van der Waals surface area contributed by atoms with Crippen LogP contribution >= 0.6 is 15.9 Å². The summed E-state index contributed by atoms with van der Waals surface area (Å²) < 4.78 is 15.6. The zero-order chi connectivity index (χ0) is 14.8. The van der Waals surface area contributed by atoms with Gasteiger partial charge in [-0.15, -0.1) is 0 Å². The molecular weight excluding hydrogens is 333 g/mol. The highest BCUT2D eigenvalue weighted by atomic mass is 79.9. The maximum absolute atomic E-state index is 13.1. The minimum atomic E-state index is -0.258. The first-order chi connectivity index (χ1) is 10.1. The van der Waals surface area contributed by atoms with Gasteiger partial charge in [-0.2, -0.15) is 5.10 Å². The highest BCUT2D eigenvalue weighted by Gasteiger charge is 2.06. The molecule has 5 heteroatoms. The van der Waals surface area contributed by atoms with E-state index in [4.69, 9.17) is 5.73 Å². The molecule has 0 atom stereocenters. The predicted octanol–water partition coefficient (Wildman–Crippen LogP) is 4.08. The first-order valence-corrected chi connectivity index (χ1v) is 7.23. The molecule has 0 radical (unpaired) electrons. The second kappa shape index (κ2) is 5.69. The number of nitrogens with two attached hydrogens (primary N) is 1. The minimum Gasteiger partial charge on any atom is -0.399 e. The van der Waals surface area contributed by atoms with Gasteiger partial charge in [-0.1, -0.05) is 34.1 Å². The van der Waals surface area contributed by atoms with Crippen LogP contribution in [0.25, 0.3) is 11.1 Å². The Morgan fingerprint density at radius 3 is 2.76 bits per heavy atom. The zero-order valence-electron chi connectivity index (χ0n) is 11.1. The van der Waals surface area contributed by atoms with E-state index in [9.17, 15) is 4.39 Å². The number of hydrogen-bond donors (Lipinski definition) is 1. The van der Waals surface area contributed by atoms with Crippen molar-refractivity contribution in [3.8, 4) is 11.1 Å². The third-order valence-corrected chi connectivity index (χ3v) is 3.94. The Morgan fingerprint density at radius 1 is 1.14 bits per heavy atom. The number of anilines is 1. The fourth-order valence-corrected chi connectivity index (χ4v) is 2.62. The molecule has 0 bridgehead atoms. The molecule has 0 saturated carbocycles. The van der Waals surface area contributed by atoms with Crippen molar-refractivity contribution < 1.29 is 4.39 Å². The average Bonchev–Trinajstić information content (AvgIpc) is 2.91. The van der Waals surface area contributed by atoms with Crippen LogP contribution in [0.4, 0.5) is 10.1 Å². The van der Waals surface area contributed by atoms with Gasteiger partial charge in [0.1, 0.15) is 5.82 Å². The highest BCUT2D eigenvalue weighted by Crippen LogP contribution is 2.22. The smallest absolute Gasteiger partial charge is 0.124 e. The van der Waals surface area contributed by atoms with Crippen LogP contribution in [0.3, 0.4) is 0 Å². The summed E-state index contributed by atoms with van der Waals surface area (Å²) in [5.74, 6) is -0.258. The van der Waals surface area contributed by atoms with Crippen LogP contribution in [-0.4, -0.2) is 9.78 Å². The largest absolute Gasteiger partial charge is 0.399 e. The molecule has 0 aliphatic rings. The molecule has 3 rings (SSSR count). The summed E-state index contributed by atoms with van der Waals surface area (Å²) in [5, 5.41) is 4.34. The van der Waals surface area contributed by atoms with E-state index in [1.54, 1.807) is 12.3 Å². The molecule has 106 valence electrons. The SMILES string of the molecule is Nc1cccc(-c2cnn(Cc3ccc(F)cc3Br)c2)c1. The fraction of sp³-hybridized carbons (Fsp3) is 0.0625. The van der Waals surface area contributed by atoms with Gasteiger partial charge in [0.25, 0.3) is 0 Å². The van der Waals surface area contributed by atoms with Crippen LogP contribution in [0, 0.1) is 5.82 Å². The van der Waals surface area contributed by atoms with Crippen LogP contribution in [0.15, 0.2) is 59.3 Å². The van der Waals surface area contributed by atoms with Gasteiger partial charge in [0.2, 0.25) is 0 Å². The van der Waals surface area contributed by atoms with Crippen LogP contribution in [0.5, 0.6) is 0 Å². The number of halogens is 2. The van der Waals surface area contributed by atoms with Gasteiger partial charge in [-0.05, 0) is 35.4 Å². The number of aromatic nitrogens is 2. The first-order valence-electron chi connectivity index (χ1n) is 6.44. The van der Waals surface area contributed by atoms with Crippen molar-refractivity contribution in [1.29, 1.82) is 0 Å². The molecule has 0 amide bonds. The molecule has 2 N–H and O–H groups in total. The lowest BCUT2D eigenvalue weighted by Gasteiger charge is -2.05. The van der Waals surface area contributed by atoms with Crippen molar-refractivity contribution in [3.63, 3.8) is 0 Å². The van der Waals surface area contributed by atoms with E-state index >= 15 is 0 Å². The fourth-order valence-electron chi connectivity index (χ4n) is 2.14. The van der Waals surface area contributed by atoms with E-state index in [2.05, 4.69) is 21.0 Å².